The normalized spacial score (nSPS) is 10.6. The molecule has 0 aliphatic heterocycles. The maximum Gasteiger partial charge on any atom is 0.193 e. The van der Waals surface area contributed by atoms with Crippen molar-refractivity contribution in [1.29, 1.82) is 0 Å². The Morgan fingerprint density at radius 1 is 1.05 bits per heavy atom. The highest BCUT2D eigenvalue weighted by molar-refractivity contribution is 9.10. The van der Waals surface area contributed by atoms with E-state index in [9.17, 15) is 4.79 Å². The van der Waals surface area contributed by atoms with Crippen LogP contribution in [0.3, 0.4) is 0 Å². The molecule has 3 rings (SSSR count). The highest BCUT2D eigenvalue weighted by Crippen LogP contribution is 2.22. The summed E-state index contributed by atoms with van der Waals surface area (Å²) in [6, 6.07) is 15.0. The van der Waals surface area contributed by atoms with Crippen molar-refractivity contribution in [2.24, 2.45) is 0 Å². The lowest BCUT2D eigenvalue weighted by Gasteiger charge is -2.05. The van der Waals surface area contributed by atoms with Crippen LogP contribution in [0.5, 0.6) is 0 Å². The average molecular weight is 312 g/mol. The second kappa shape index (κ2) is 4.94. The van der Waals surface area contributed by atoms with Gasteiger partial charge in [0.25, 0.3) is 0 Å². The number of rotatable bonds is 2. The number of nitrogens with zero attached hydrogens (tertiary/aromatic N) is 1. The number of halogens is 1. The van der Waals surface area contributed by atoms with E-state index in [4.69, 9.17) is 0 Å². The van der Waals surface area contributed by atoms with Gasteiger partial charge in [0, 0.05) is 33.4 Å². The fourth-order valence-corrected chi connectivity index (χ4v) is 2.51. The van der Waals surface area contributed by atoms with Crippen LogP contribution in [0.2, 0.25) is 0 Å². The number of aromatic nitrogens is 1. The predicted molar refractivity (Wildman–Crippen MR) is 79.3 cm³/mol. The molecule has 3 heteroatoms. The zero-order chi connectivity index (χ0) is 13.2. The van der Waals surface area contributed by atoms with Crippen LogP contribution in [0.15, 0.2) is 65.4 Å². The molecule has 0 spiro atoms. The van der Waals surface area contributed by atoms with E-state index >= 15 is 0 Å². The van der Waals surface area contributed by atoms with E-state index in [1.54, 1.807) is 12.4 Å². The number of pyridine rings is 1. The van der Waals surface area contributed by atoms with Crippen molar-refractivity contribution in [2.45, 2.75) is 0 Å². The number of hydrogen-bond acceptors (Lipinski definition) is 2. The SMILES string of the molecule is O=C(c1cccc(Br)c1)c1cccc2cnccc12. The zero-order valence-electron chi connectivity index (χ0n) is 10.0. The van der Waals surface area contributed by atoms with E-state index in [0.29, 0.717) is 11.1 Å². The fourth-order valence-electron chi connectivity index (χ4n) is 2.11. The molecule has 1 heterocycles. The first-order valence-corrected chi connectivity index (χ1v) is 6.68. The number of ketones is 1. The van der Waals surface area contributed by atoms with Crippen LogP contribution in [0.25, 0.3) is 10.8 Å². The number of carbonyl (C=O) groups is 1. The first-order valence-electron chi connectivity index (χ1n) is 5.89. The van der Waals surface area contributed by atoms with Crippen molar-refractivity contribution in [1.82, 2.24) is 4.98 Å². The molecule has 2 aromatic carbocycles. The Balaban J connectivity index is 2.17. The lowest BCUT2D eigenvalue weighted by atomic mass is 9.98. The minimum Gasteiger partial charge on any atom is -0.289 e. The fraction of sp³-hybridized carbons (Fsp3) is 0. The molecule has 0 fully saturated rings. The smallest absolute Gasteiger partial charge is 0.193 e. The average Bonchev–Trinajstić information content (AvgIpc) is 2.46. The van der Waals surface area contributed by atoms with Gasteiger partial charge in [-0.1, -0.05) is 46.3 Å². The van der Waals surface area contributed by atoms with Crippen LogP contribution in [-0.2, 0) is 0 Å². The van der Waals surface area contributed by atoms with E-state index in [1.165, 1.54) is 0 Å². The Kier molecular flexibility index (Phi) is 3.13. The van der Waals surface area contributed by atoms with Crippen LogP contribution >= 0.6 is 15.9 Å². The molecule has 0 atom stereocenters. The van der Waals surface area contributed by atoms with Crippen LogP contribution in [0.4, 0.5) is 0 Å². The standard InChI is InChI=1S/C16H10BrNO/c17-13-5-1-3-11(9-13)16(19)15-6-2-4-12-10-18-8-7-14(12)15/h1-10H. The quantitative estimate of drug-likeness (QED) is 0.663. The maximum atomic E-state index is 12.6. The van der Waals surface area contributed by atoms with Crippen molar-refractivity contribution in [3.05, 3.63) is 76.5 Å². The van der Waals surface area contributed by atoms with Gasteiger partial charge in [-0.2, -0.15) is 0 Å². The Bertz CT molecular complexity index is 762. The van der Waals surface area contributed by atoms with Crippen LogP contribution < -0.4 is 0 Å². The summed E-state index contributed by atoms with van der Waals surface area (Å²) in [5.41, 5.74) is 1.39. The molecule has 0 unspecified atom stereocenters. The van der Waals surface area contributed by atoms with Gasteiger partial charge in [0.15, 0.2) is 5.78 Å². The zero-order valence-corrected chi connectivity index (χ0v) is 11.6. The molecule has 3 aromatic rings. The monoisotopic (exact) mass is 311 g/mol. The third kappa shape index (κ3) is 2.29. The summed E-state index contributed by atoms with van der Waals surface area (Å²) in [7, 11) is 0. The lowest BCUT2D eigenvalue weighted by molar-refractivity contribution is 0.104. The molecule has 0 saturated carbocycles. The first-order chi connectivity index (χ1) is 9.25. The molecular weight excluding hydrogens is 302 g/mol. The maximum absolute atomic E-state index is 12.6. The molecule has 0 N–H and O–H groups in total. The van der Waals surface area contributed by atoms with Crippen molar-refractivity contribution >= 4 is 32.5 Å². The van der Waals surface area contributed by atoms with Gasteiger partial charge >= 0.3 is 0 Å². The van der Waals surface area contributed by atoms with E-state index < -0.39 is 0 Å². The molecule has 0 amide bonds. The molecular formula is C16H10BrNO. The van der Waals surface area contributed by atoms with Crippen molar-refractivity contribution in [3.63, 3.8) is 0 Å². The first kappa shape index (κ1) is 12.1. The predicted octanol–water partition coefficient (Wildman–Crippen LogP) is 4.23. The van der Waals surface area contributed by atoms with Gasteiger partial charge in [-0.25, -0.2) is 0 Å². The molecule has 0 radical (unpaired) electrons. The van der Waals surface area contributed by atoms with E-state index in [1.807, 2.05) is 48.5 Å². The van der Waals surface area contributed by atoms with Gasteiger partial charge in [0.05, 0.1) is 0 Å². The highest BCUT2D eigenvalue weighted by Gasteiger charge is 2.12. The molecule has 19 heavy (non-hydrogen) atoms. The molecule has 2 nitrogen and oxygen atoms in total. The summed E-state index contributed by atoms with van der Waals surface area (Å²) in [6.45, 7) is 0. The third-order valence-corrected chi connectivity index (χ3v) is 3.51. The van der Waals surface area contributed by atoms with Gasteiger partial charge in [0.1, 0.15) is 0 Å². The summed E-state index contributed by atoms with van der Waals surface area (Å²) < 4.78 is 0.903. The summed E-state index contributed by atoms with van der Waals surface area (Å²) in [5.74, 6) is 0.0260. The van der Waals surface area contributed by atoms with Crippen LogP contribution in [-0.4, -0.2) is 10.8 Å². The molecule has 0 saturated heterocycles. The molecule has 0 bridgehead atoms. The summed E-state index contributed by atoms with van der Waals surface area (Å²) in [6.07, 6.45) is 3.48. The second-order valence-electron chi connectivity index (χ2n) is 4.24. The van der Waals surface area contributed by atoms with Crippen LogP contribution in [0, 0.1) is 0 Å². The minimum atomic E-state index is 0.0260. The van der Waals surface area contributed by atoms with E-state index in [0.717, 1.165) is 15.2 Å². The molecule has 0 aliphatic carbocycles. The molecule has 92 valence electrons. The highest BCUT2D eigenvalue weighted by atomic mass is 79.9. The van der Waals surface area contributed by atoms with Gasteiger partial charge < -0.3 is 0 Å². The Morgan fingerprint density at radius 2 is 1.89 bits per heavy atom. The largest absolute Gasteiger partial charge is 0.289 e. The number of benzene rings is 2. The van der Waals surface area contributed by atoms with Gasteiger partial charge in [-0.15, -0.1) is 0 Å². The summed E-state index contributed by atoms with van der Waals surface area (Å²) in [4.78, 5) is 16.7. The van der Waals surface area contributed by atoms with Crippen LogP contribution in [0.1, 0.15) is 15.9 Å². The summed E-state index contributed by atoms with van der Waals surface area (Å²) in [5, 5.41) is 1.91. The third-order valence-electron chi connectivity index (χ3n) is 3.01. The lowest BCUT2D eigenvalue weighted by Crippen LogP contribution is -2.02. The van der Waals surface area contributed by atoms with Crippen molar-refractivity contribution in [2.75, 3.05) is 0 Å². The van der Waals surface area contributed by atoms with Gasteiger partial charge in [-0.05, 0) is 23.6 Å². The van der Waals surface area contributed by atoms with Gasteiger partial charge in [0.2, 0.25) is 0 Å². The number of hydrogen-bond donors (Lipinski definition) is 0. The molecule has 1 aromatic heterocycles. The van der Waals surface area contributed by atoms with Gasteiger partial charge in [-0.3, -0.25) is 9.78 Å². The Labute approximate surface area is 119 Å². The summed E-state index contributed by atoms with van der Waals surface area (Å²) >= 11 is 3.39. The second-order valence-corrected chi connectivity index (χ2v) is 5.16. The van der Waals surface area contributed by atoms with Crippen molar-refractivity contribution in [3.8, 4) is 0 Å². The van der Waals surface area contributed by atoms with Crippen molar-refractivity contribution < 1.29 is 4.79 Å². The number of carbonyl (C=O) groups excluding carboxylic acids is 1. The molecule has 0 aliphatic rings. The topological polar surface area (TPSA) is 30.0 Å². The Hall–Kier alpha value is -2.00. The van der Waals surface area contributed by atoms with E-state index in [2.05, 4.69) is 20.9 Å². The Morgan fingerprint density at radius 3 is 2.74 bits per heavy atom. The number of fused-ring (bicyclic) bond motifs is 1. The van der Waals surface area contributed by atoms with E-state index in [-0.39, 0.29) is 5.78 Å². The minimum absolute atomic E-state index is 0.0260.